The highest BCUT2D eigenvalue weighted by atomic mass is 79.9. The van der Waals surface area contributed by atoms with Gasteiger partial charge in [0, 0.05) is 4.47 Å². The van der Waals surface area contributed by atoms with Crippen LogP contribution in [0, 0.1) is 0 Å². The summed E-state index contributed by atoms with van der Waals surface area (Å²) in [6.45, 7) is 0.847. The van der Waals surface area contributed by atoms with Crippen LogP contribution in [0.25, 0.3) is 21.5 Å². The van der Waals surface area contributed by atoms with Crippen molar-refractivity contribution in [2.24, 2.45) is 0 Å². The monoisotopic (exact) mass is 298 g/mol. The number of hydrogen-bond acceptors (Lipinski definition) is 1. The summed E-state index contributed by atoms with van der Waals surface area (Å²) >= 11 is 3.68. The second-order valence-corrected chi connectivity index (χ2v) is 5.53. The van der Waals surface area contributed by atoms with Crippen molar-refractivity contribution in [1.82, 2.24) is 0 Å². The highest BCUT2D eigenvalue weighted by Crippen LogP contribution is 2.40. The number of halogens is 1. The van der Waals surface area contributed by atoms with Crippen molar-refractivity contribution in [3.63, 3.8) is 0 Å². The van der Waals surface area contributed by atoms with Crippen molar-refractivity contribution in [3.05, 3.63) is 58.6 Å². The highest BCUT2D eigenvalue weighted by Gasteiger charge is 2.27. The van der Waals surface area contributed by atoms with E-state index in [0.717, 1.165) is 11.1 Å². The zero-order valence-corrected chi connectivity index (χ0v) is 11.3. The minimum atomic E-state index is 0.284. The van der Waals surface area contributed by atoms with E-state index in [-0.39, 0.29) is 6.10 Å². The van der Waals surface area contributed by atoms with Crippen LogP contribution < -0.4 is 0 Å². The van der Waals surface area contributed by atoms with Crippen LogP contribution in [0.15, 0.2) is 53.0 Å². The molecule has 0 aliphatic carbocycles. The predicted molar refractivity (Wildman–Crippen MR) is 77.8 cm³/mol. The Labute approximate surface area is 113 Å². The molecule has 2 heteroatoms. The summed E-state index contributed by atoms with van der Waals surface area (Å²) in [5.41, 5.74) is 1.31. The van der Waals surface area contributed by atoms with Gasteiger partial charge in [-0.05, 0) is 33.2 Å². The molecule has 1 aliphatic heterocycles. The molecular weight excluding hydrogens is 288 g/mol. The van der Waals surface area contributed by atoms with Gasteiger partial charge in [0.2, 0.25) is 0 Å². The molecule has 0 spiro atoms. The molecule has 1 saturated heterocycles. The van der Waals surface area contributed by atoms with E-state index in [1.54, 1.807) is 0 Å². The molecular formula is C16H11BrO. The first-order chi connectivity index (χ1) is 8.84. The summed E-state index contributed by atoms with van der Waals surface area (Å²) in [6, 6.07) is 17.2. The van der Waals surface area contributed by atoms with E-state index in [9.17, 15) is 0 Å². The van der Waals surface area contributed by atoms with E-state index in [1.165, 1.54) is 27.1 Å². The maximum Gasteiger partial charge on any atom is 0.107 e. The summed E-state index contributed by atoms with van der Waals surface area (Å²) in [7, 11) is 0. The molecule has 1 fully saturated rings. The van der Waals surface area contributed by atoms with E-state index >= 15 is 0 Å². The molecule has 0 amide bonds. The smallest absolute Gasteiger partial charge is 0.107 e. The lowest BCUT2D eigenvalue weighted by Gasteiger charge is -2.10. The molecule has 3 aromatic rings. The third-order valence-corrected chi connectivity index (χ3v) is 4.20. The Hall–Kier alpha value is -1.38. The SMILES string of the molecule is Brc1cc2ccccc2c2c([C@H]3CO3)cccc12. The van der Waals surface area contributed by atoms with Gasteiger partial charge in [0.1, 0.15) is 6.10 Å². The molecule has 0 radical (unpaired) electrons. The van der Waals surface area contributed by atoms with Gasteiger partial charge in [-0.3, -0.25) is 0 Å². The van der Waals surface area contributed by atoms with Gasteiger partial charge in [0.15, 0.2) is 0 Å². The number of ether oxygens (including phenoxy) is 1. The summed E-state index contributed by atoms with van der Waals surface area (Å²) in [5.74, 6) is 0. The number of hydrogen-bond donors (Lipinski definition) is 0. The van der Waals surface area contributed by atoms with Crippen molar-refractivity contribution in [2.45, 2.75) is 6.10 Å². The zero-order valence-electron chi connectivity index (χ0n) is 9.69. The van der Waals surface area contributed by atoms with Gasteiger partial charge in [-0.25, -0.2) is 0 Å². The van der Waals surface area contributed by atoms with Crippen molar-refractivity contribution in [3.8, 4) is 0 Å². The molecule has 0 N–H and O–H groups in total. The molecule has 0 saturated carbocycles. The average Bonchev–Trinajstić information content (AvgIpc) is 3.23. The Bertz CT molecular complexity index is 759. The average molecular weight is 299 g/mol. The van der Waals surface area contributed by atoms with Crippen LogP contribution in [0.3, 0.4) is 0 Å². The van der Waals surface area contributed by atoms with E-state index in [4.69, 9.17) is 4.74 Å². The summed E-state index contributed by atoms with van der Waals surface area (Å²) in [6.07, 6.45) is 0.284. The standard InChI is InChI=1S/C16H11BrO/c17-14-8-10-4-1-2-5-11(10)16-12(14)6-3-7-13(16)15-9-18-15/h1-8,15H,9H2/t15-/m1/s1. The Morgan fingerprint density at radius 1 is 1.00 bits per heavy atom. The number of fused-ring (bicyclic) bond motifs is 3. The fourth-order valence-corrected chi connectivity index (χ4v) is 3.21. The normalized spacial score (nSPS) is 18.4. The van der Waals surface area contributed by atoms with Crippen LogP contribution in [0.5, 0.6) is 0 Å². The first-order valence-corrected chi connectivity index (χ1v) is 6.85. The van der Waals surface area contributed by atoms with Crippen LogP contribution >= 0.6 is 15.9 Å². The summed E-state index contributed by atoms with van der Waals surface area (Å²) in [4.78, 5) is 0. The maximum absolute atomic E-state index is 5.48. The fraction of sp³-hybridized carbons (Fsp3) is 0.125. The number of epoxide rings is 1. The van der Waals surface area contributed by atoms with Gasteiger partial charge in [0.25, 0.3) is 0 Å². The van der Waals surface area contributed by atoms with Crippen LogP contribution in [0.1, 0.15) is 11.7 Å². The van der Waals surface area contributed by atoms with Gasteiger partial charge in [-0.15, -0.1) is 0 Å². The molecule has 1 nitrogen and oxygen atoms in total. The predicted octanol–water partition coefficient (Wildman–Crippen LogP) is 4.83. The quantitative estimate of drug-likeness (QED) is 0.463. The van der Waals surface area contributed by atoms with Crippen molar-refractivity contribution in [2.75, 3.05) is 6.61 Å². The molecule has 0 unspecified atom stereocenters. The third-order valence-electron chi connectivity index (χ3n) is 3.55. The molecule has 1 atom stereocenters. The van der Waals surface area contributed by atoms with Crippen LogP contribution in [-0.4, -0.2) is 6.61 Å². The summed E-state index contributed by atoms with van der Waals surface area (Å²) in [5, 5.41) is 5.17. The van der Waals surface area contributed by atoms with Crippen molar-refractivity contribution in [1.29, 1.82) is 0 Å². The van der Waals surface area contributed by atoms with Gasteiger partial charge < -0.3 is 4.74 Å². The van der Waals surface area contributed by atoms with Crippen LogP contribution in [0.4, 0.5) is 0 Å². The van der Waals surface area contributed by atoms with E-state index in [0.29, 0.717) is 0 Å². The third kappa shape index (κ3) is 1.49. The fourth-order valence-electron chi connectivity index (χ4n) is 2.63. The Morgan fingerprint density at radius 3 is 2.61 bits per heavy atom. The van der Waals surface area contributed by atoms with Crippen molar-refractivity contribution < 1.29 is 4.74 Å². The first kappa shape index (κ1) is 10.5. The molecule has 4 rings (SSSR count). The van der Waals surface area contributed by atoms with Crippen LogP contribution in [0.2, 0.25) is 0 Å². The Morgan fingerprint density at radius 2 is 1.78 bits per heavy atom. The molecule has 3 aromatic carbocycles. The first-order valence-electron chi connectivity index (χ1n) is 6.06. The molecule has 0 bridgehead atoms. The molecule has 1 aliphatic rings. The topological polar surface area (TPSA) is 12.5 Å². The Kier molecular flexibility index (Phi) is 2.23. The number of rotatable bonds is 1. The molecule has 18 heavy (non-hydrogen) atoms. The van der Waals surface area contributed by atoms with E-state index in [1.807, 2.05) is 0 Å². The second-order valence-electron chi connectivity index (χ2n) is 4.67. The highest BCUT2D eigenvalue weighted by molar-refractivity contribution is 9.10. The van der Waals surface area contributed by atoms with E-state index in [2.05, 4.69) is 64.5 Å². The van der Waals surface area contributed by atoms with Gasteiger partial charge >= 0.3 is 0 Å². The minimum Gasteiger partial charge on any atom is -0.368 e. The van der Waals surface area contributed by atoms with Gasteiger partial charge in [-0.1, -0.05) is 58.4 Å². The Balaban J connectivity index is 2.25. The lowest BCUT2D eigenvalue weighted by molar-refractivity contribution is 0.417. The lowest BCUT2D eigenvalue weighted by atomic mass is 9.96. The van der Waals surface area contributed by atoms with Crippen molar-refractivity contribution >= 4 is 37.5 Å². The molecule has 0 aromatic heterocycles. The summed E-state index contributed by atoms with van der Waals surface area (Å²) < 4.78 is 6.63. The number of benzene rings is 3. The minimum absolute atomic E-state index is 0.284. The second kappa shape index (κ2) is 3.81. The lowest BCUT2D eigenvalue weighted by Crippen LogP contribution is -1.87. The molecule has 88 valence electrons. The zero-order chi connectivity index (χ0) is 12.1. The maximum atomic E-state index is 5.48. The van der Waals surface area contributed by atoms with Gasteiger partial charge in [-0.2, -0.15) is 0 Å². The largest absolute Gasteiger partial charge is 0.368 e. The van der Waals surface area contributed by atoms with E-state index < -0.39 is 0 Å². The van der Waals surface area contributed by atoms with Gasteiger partial charge in [0.05, 0.1) is 6.61 Å². The molecule has 1 heterocycles. The van der Waals surface area contributed by atoms with Crippen LogP contribution in [-0.2, 0) is 4.74 Å².